The number of aliphatic hydroxyl groups is 3. The molecule has 11 atom stereocenters. The summed E-state index contributed by atoms with van der Waals surface area (Å²) >= 11 is 0. The van der Waals surface area contributed by atoms with Gasteiger partial charge in [-0.2, -0.15) is 0 Å². The molecule has 55 heavy (non-hydrogen) atoms. The third-order valence-corrected chi connectivity index (χ3v) is 13.1. The molecule has 1 heterocycles. The summed E-state index contributed by atoms with van der Waals surface area (Å²) in [6, 6.07) is 15.4. The molecule has 3 aliphatic carbocycles. The van der Waals surface area contributed by atoms with Gasteiger partial charge < -0.3 is 39.6 Å². The number of nitrogens with one attached hydrogen (secondary N) is 1. The van der Waals surface area contributed by atoms with Crippen molar-refractivity contribution in [1.29, 1.82) is 0 Å². The number of ketones is 1. The highest BCUT2D eigenvalue weighted by molar-refractivity contribution is 5.97. The first-order valence-corrected chi connectivity index (χ1v) is 19.0. The minimum atomic E-state index is -1.92. The zero-order chi connectivity index (χ0) is 40.5. The molecule has 2 aromatic rings. The first kappa shape index (κ1) is 40.6. The van der Waals surface area contributed by atoms with E-state index in [1.807, 2.05) is 13.8 Å². The molecule has 0 aromatic heterocycles. The molecule has 2 saturated carbocycles. The van der Waals surface area contributed by atoms with Gasteiger partial charge in [0.05, 0.1) is 41.4 Å². The minimum Gasteiger partial charge on any atom is -0.456 e. The summed E-state index contributed by atoms with van der Waals surface area (Å²) in [6.45, 7) is 16.2. The average molecular weight is 762 g/mol. The SMILES string of the molecule is CC1=C2[C@@H](OC(=O)c3ccccc3)C(=O)[C@@]3(C)C([C@H](C)[C@](O)(C[C@@H]1OC(=O)[C@H](O)[C@@H](NC(=O)OC(C)(C)C)c1ccccc1)C2(C)C)[C@]1(C)CO[C@@H]1C[C@@H]3O. The van der Waals surface area contributed by atoms with Crippen molar-refractivity contribution >= 4 is 23.8 Å². The third kappa shape index (κ3) is 6.68. The molecule has 3 fully saturated rings. The van der Waals surface area contributed by atoms with Crippen LogP contribution in [0.5, 0.6) is 0 Å². The summed E-state index contributed by atoms with van der Waals surface area (Å²) in [4.78, 5) is 56.2. The van der Waals surface area contributed by atoms with E-state index in [2.05, 4.69) is 5.32 Å². The number of hydrogen-bond donors (Lipinski definition) is 4. The number of fused-ring (bicyclic) bond motifs is 5. The Morgan fingerprint density at radius 3 is 2.13 bits per heavy atom. The number of esters is 2. The van der Waals surface area contributed by atoms with Crippen LogP contribution in [0, 0.1) is 28.1 Å². The zero-order valence-corrected chi connectivity index (χ0v) is 33.1. The molecular weight excluding hydrogens is 706 g/mol. The number of Topliss-reactive ketones (excluding diaryl/α,β-unsaturated/α-hetero) is 1. The fraction of sp³-hybridized carbons (Fsp3) is 0.581. The number of aliphatic hydroxyl groups excluding tert-OH is 2. The van der Waals surface area contributed by atoms with E-state index in [9.17, 15) is 29.7 Å². The first-order valence-electron chi connectivity index (χ1n) is 19.0. The smallest absolute Gasteiger partial charge is 0.408 e. The molecule has 1 unspecified atom stereocenters. The Morgan fingerprint density at radius 1 is 0.964 bits per heavy atom. The molecule has 4 N–H and O–H groups in total. The second-order valence-corrected chi connectivity index (χ2v) is 17.9. The van der Waals surface area contributed by atoms with Crippen molar-refractivity contribution in [3.63, 3.8) is 0 Å². The summed E-state index contributed by atoms with van der Waals surface area (Å²) in [5.74, 6) is -3.73. The average Bonchev–Trinajstić information content (AvgIpc) is 3.12. The number of alkyl carbamates (subject to hydrolysis) is 1. The number of hydrogen-bond acceptors (Lipinski definition) is 11. The van der Waals surface area contributed by atoms with E-state index in [0.29, 0.717) is 17.7 Å². The molecular formula is C43H55NO11. The summed E-state index contributed by atoms with van der Waals surface area (Å²) < 4.78 is 23.7. The lowest BCUT2D eigenvalue weighted by Gasteiger charge is -2.68. The van der Waals surface area contributed by atoms with Crippen molar-refractivity contribution in [3.8, 4) is 0 Å². The Kier molecular flexibility index (Phi) is 10.4. The van der Waals surface area contributed by atoms with Crippen molar-refractivity contribution in [2.75, 3.05) is 6.61 Å². The van der Waals surface area contributed by atoms with Crippen LogP contribution in [0.15, 0.2) is 71.8 Å². The number of rotatable bonds is 7. The first-order chi connectivity index (χ1) is 25.6. The fourth-order valence-electron chi connectivity index (χ4n) is 10.2. The molecule has 1 amide bonds. The van der Waals surface area contributed by atoms with Gasteiger partial charge in [-0.3, -0.25) is 4.79 Å². The van der Waals surface area contributed by atoms with Crippen molar-refractivity contribution in [2.24, 2.45) is 28.1 Å². The lowest BCUT2D eigenvalue weighted by molar-refractivity contribution is -0.302. The molecule has 1 saturated heterocycles. The van der Waals surface area contributed by atoms with Gasteiger partial charge in [-0.05, 0) is 75.3 Å². The van der Waals surface area contributed by atoms with Gasteiger partial charge in [0, 0.05) is 23.7 Å². The topological polar surface area (TPSA) is 178 Å². The summed E-state index contributed by atoms with van der Waals surface area (Å²) in [7, 11) is 0. The number of amides is 1. The second kappa shape index (κ2) is 14.1. The maximum Gasteiger partial charge on any atom is 0.408 e. The van der Waals surface area contributed by atoms with Crippen LogP contribution in [-0.4, -0.2) is 87.5 Å². The monoisotopic (exact) mass is 761 g/mol. The van der Waals surface area contributed by atoms with Crippen LogP contribution < -0.4 is 5.32 Å². The number of benzene rings is 2. The van der Waals surface area contributed by atoms with Gasteiger partial charge in [0.2, 0.25) is 0 Å². The van der Waals surface area contributed by atoms with Crippen LogP contribution >= 0.6 is 0 Å². The van der Waals surface area contributed by atoms with E-state index in [0.717, 1.165) is 0 Å². The molecule has 1 aliphatic heterocycles. The van der Waals surface area contributed by atoms with Gasteiger partial charge in [0.1, 0.15) is 11.7 Å². The predicted molar refractivity (Wildman–Crippen MR) is 200 cm³/mol. The predicted octanol–water partition coefficient (Wildman–Crippen LogP) is 5.24. The Bertz CT molecular complexity index is 1850. The molecule has 0 radical (unpaired) electrons. The normalized spacial score (nSPS) is 35.0. The van der Waals surface area contributed by atoms with Gasteiger partial charge in [-0.25, -0.2) is 14.4 Å². The van der Waals surface area contributed by atoms with Gasteiger partial charge in [0.15, 0.2) is 18.0 Å². The number of ether oxygens (including phenoxy) is 4. The number of carbonyl (C=O) groups is 4. The highest BCUT2D eigenvalue weighted by Gasteiger charge is 2.73. The van der Waals surface area contributed by atoms with E-state index >= 15 is 4.79 Å². The molecule has 2 bridgehead atoms. The van der Waals surface area contributed by atoms with Gasteiger partial charge in [0.25, 0.3) is 0 Å². The van der Waals surface area contributed by atoms with Crippen LogP contribution in [0.25, 0.3) is 0 Å². The van der Waals surface area contributed by atoms with E-state index in [1.54, 1.807) is 109 Å². The minimum absolute atomic E-state index is 0.137. The molecule has 12 heteroatoms. The van der Waals surface area contributed by atoms with E-state index in [1.165, 1.54) is 0 Å². The molecule has 4 aliphatic rings. The highest BCUT2D eigenvalue weighted by Crippen LogP contribution is 2.67. The van der Waals surface area contributed by atoms with Crippen molar-refractivity contribution in [2.45, 2.75) is 123 Å². The zero-order valence-electron chi connectivity index (χ0n) is 33.1. The summed E-state index contributed by atoms with van der Waals surface area (Å²) in [6.07, 6.45) is -7.04. The maximum atomic E-state index is 15.3. The molecule has 0 spiro atoms. The van der Waals surface area contributed by atoms with Gasteiger partial charge >= 0.3 is 18.0 Å². The Morgan fingerprint density at radius 2 is 1.56 bits per heavy atom. The summed E-state index contributed by atoms with van der Waals surface area (Å²) in [5.41, 5.74) is -4.68. The lowest BCUT2D eigenvalue weighted by Crippen LogP contribution is -2.75. The Balaban J connectivity index is 1.45. The Hall–Kier alpha value is -4.10. The maximum absolute atomic E-state index is 15.3. The standard InChI is InChI=1S/C43H55NO11/c1-23-27(53-37(49)32(46)31(25-16-12-10-13-17-25)44-38(50)55-39(3,4)5)21-43(51)24(2)34-41(8)22-52-29(41)20-28(45)42(34,9)35(47)33(30(23)40(43,6)7)54-36(48)26-18-14-11-15-19-26/h10-19,24,27-29,31-34,45-46,51H,20-22H2,1-9H3,(H,44,50)/t24-,27-,28-,29+,31-,32+,33+,34?,41+,42+,43+/m0/s1. The lowest BCUT2D eigenvalue weighted by atomic mass is 9.40. The van der Waals surface area contributed by atoms with Crippen LogP contribution in [-0.2, 0) is 28.5 Å². The van der Waals surface area contributed by atoms with Crippen LogP contribution in [0.3, 0.4) is 0 Å². The molecule has 2 aromatic carbocycles. The van der Waals surface area contributed by atoms with Crippen LogP contribution in [0.4, 0.5) is 4.79 Å². The quantitative estimate of drug-likeness (QED) is 0.165. The fourth-order valence-corrected chi connectivity index (χ4v) is 10.2. The molecule has 12 nitrogen and oxygen atoms in total. The van der Waals surface area contributed by atoms with E-state index in [4.69, 9.17) is 18.9 Å². The van der Waals surface area contributed by atoms with Crippen molar-refractivity contribution < 1.29 is 53.4 Å². The van der Waals surface area contributed by atoms with Crippen molar-refractivity contribution in [1.82, 2.24) is 5.32 Å². The number of carbonyl (C=O) groups excluding carboxylic acids is 4. The second-order valence-electron chi connectivity index (χ2n) is 17.9. The Labute approximate surface area is 322 Å². The highest BCUT2D eigenvalue weighted by atomic mass is 16.6. The molecule has 298 valence electrons. The van der Waals surface area contributed by atoms with Crippen LogP contribution in [0.1, 0.15) is 97.1 Å². The largest absolute Gasteiger partial charge is 0.456 e. The van der Waals surface area contributed by atoms with Crippen LogP contribution in [0.2, 0.25) is 0 Å². The van der Waals surface area contributed by atoms with E-state index in [-0.39, 0.29) is 30.1 Å². The summed E-state index contributed by atoms with van der Waals surface area (Å²) in [5, 5.41) is 39.3. The molecule has 6 rings (SSSR count). The van der Waals surface area contributed by atoms with Gasteiger partial charge in [-0.15, -0.1) is 0 Å². The van der Waals surface area contributed by atoms with Crippen molar-refractivity contribution in [3.05, 3.63) is 82.9 Å². The van der Waals surface area contributed by atoms with E-state index < -0.39 is 93.6 Å². The third-order valence-electron chi connectivity index (χ3n) is 13.1. The van der Waals surface area contributed by atoms with Gasteiger partial charge in [-0.1, -0.05) is 76.2 Å².